The summed E-state index contributed by atoms with van der Waals surface area (Å²) in [7, 11) is 2.02. The van der Waals surface area contributed by atoms with Gasteiger partial charge in [-0.15, -0.1) is 0 Å². The standard InChI is InChI=1S/C16H20N2O/c1-18(13-7-3-2-4-8-13)12-11-16(19)14-9-5-6-10-15(14)17/h2-10,16,19H,11-12,17H2,1H3. The fourth-order valence-electron chi connectivity index (χ4n) is 2.10. The Morgan fingerprint density at radius 2 is 1.68 bits per heavy atom. The third kappa shape index (κ3) is 3.48. The van der Waals surface area contributed by atoms with Gasteiger partial charge in [0.1, 0.15) is 0 Å². The van der Waals surface area contributed by atoms with Crippen molar-refractivity contribution in [2.75, 3.05) is 24.2 Å². The van der Waals surface area contributed by atoms with E-state index in [0.717, 1.165) is 17.8 Å². The monoisotopic (exact) mass is 256 g/mol. The molecule has 0 amide bonds. The van der Waals surface area contributed by atoms with Crippen LogP contribution in [0.25, 0.3) is 0 Å². The third-order valence-corrected chi connectivity index (χ3v) is 3.29. The molecule has 2 aromatic carbocycles. The first-order chi connectivity index (χ1) is 9.18. The SMILES string of the molecule is CN(CCC(O)c1ccccc1N)c1ccccc1. The predicted octanol–water partition coefficient (Wildman–Crippen LogP) is 2.83. The molecular weight excluding hydrogens is 236 g/mol. The fourth-order valence-corrected chi connectivity index (χ4v) is 2.10. The van der Waals surface area contributed by atoms with Crippen molar-refractivity contribution >= 4 is 11.4 Å². The van der Waals surface area contributed by atoms with Gasteiger partial charge in [0, 0.05) is 30.5 Å². The molecular formula is C16H20N2O. The molecule has 0 bridgehead atoms. The summed E-state index contributed by atoms with van der Waals surface area (Å²) < 4.78 is 0. The molecule has 1 atom stereocenters. The Balaban J connectivity index is 1.94. The molecule has 0 spiro atoms. The molecule has 0 saturated heterocycles. The number of nitrogens with two attached hydrogens (primary N) is 1. The maximum atomic E-state index is 10.2. The summed E-state index contributed by atoms with van der Waals surface area (Å²) in [6.07, 6.45) is 0.131. The van der Waals surface area contributed by atoms with Crippen LogP contribution in [0, 0.1) is 0 Å². The second-order valence-electron chi connectivity index (χ2n) is 4.69. The van der Waals surface area contributed by atoms with Gasteiger partial charge in [0.2, 0.25) is 0 Å². The van der Waals surface area contributed by atoms with E-state index in [2.05, 4.69) is 17.0 Å². The van der Waals surface area contributed by atoms with Gasteiger partial charge < -0.3 is 15.7 Å². The van der Waals surface area contributed by atoms with Gasteiger partial charge in [0.15, 0.2) is 0 Å². The molecule has 3 nitrogen and oxygen atoms in total. The largest absolute Gasteiger partial charge is 0.398 e. The van der Waals surface area contributed by atoms with E-state index < -0.39 is 6.10 Å². The second kappa shape index (κ2) is 6.25. The lowest BCUT2D eigenvalue weighted by Crippen LogP contribution is -2.20. The van der Waals surface area contributed by atoms with Gasteiger partial charge in [0.25, 0.3) is 0 Å². The molecule has 3 heteroatoms. The average Bonchev–Trinajstić information content (AvgIpc) is 2.46. The highest BCUT2D eigenvalue weighted by atomic mass is 16.3. The smallest absolute Gasteiger partial charge is 0.0826 e. The molecule has 0 saturated carbocycles. The van der Waals surface area contributed by atoms with E-state index in [-0.39, 0.29) is 0 Å². The number of rotatable bonds is 5. The van der Waals surface area contributed by atoms with E-state index in [9.17, 15) is 5.11 Å². The van der Waals surface area contributed by atoms with E-state index in [0.29, 0.717) is 12.1 Å². The molecule has 3 N–H and O–H groups in total. The zero-order valence-corrected chi connectivity index (χ0v) is 11.2. The third-order valence-electron chi connectivity index (χ3n) is 3.29. The van der Waals surface area contributed by atoms with Crippen molar-refractivity contribution in [3.05, 3.63) is 60.2 Å². The number of hydrogen-bond acceptors (Lipinski definition) is 3. The van der Waals surface area contributed by atoms with Crippen LogP contribution >= 0.6 is 0 Å². The number of benzene rings is 2. The van der Waals surface area contributed by atoms with Crippen molar-refractivity contribution in [2.24, 2.45) is 0 Å². The maximum Gasteiger partial charge on any atom is 0.0826 e. The molecule has 0 fully saturated rings. The summed E-state index contributed by atoms with van der Waals surface area (Å²) in [6, 6.07) is 17.6. The Bertz CT molecular complexity index is 513. The van der Waals surface area contributed by atoms with Crippen LogP contribution in [0.5, 0.6) is 0 Å². The van der Waals surface area contributed by atoms with Crippen LogP contribution in [0.3, 0.4) is 0 Å². The first-order valence-corrected chi connectivity index (χ1v) is 6.47. The van der Waals surface area contributed by atoms with Crippen LogP contribution in [-0.4, -0.2) is 18.7 Å². The van der Waals surface area contributed by atoms with Gasteiger partial charge in [-0.1, -0.05) is 36.4 Å². The highest BCUT2D eigenvalue weighted by Crippen LogP contribution is 2.23. The number of anilines is 2. The van der Waals surface area contributed by atoms with Crippen molar-refractivity contribution < 1.29 is 5.11 Å². The fraction of sp³-hybridized carbons (Fsp3) is 0.250. The first-order valence-electron chi connectivity index (χ1n) is 6.47. The molecule has 2 aromatic rings. The zero-order valence-electron chi connectivity index (χ0n) is 11.2. The number of nitrogens with zero attached hydrogens (tertiary/aromatic N) is 1. The molecule has 19 heavy (non-hydrogen) atoms. The molecule has 0 aromatic heterocycles. The Kier molecular flexibility index (Phi) is 4.42. The Labute approximate surface area is 114 Å². The van der Waals surface area contributed by atoms with Gasteiger partial charge in [0.05, 0.1) is 6.10 Å². The van der Waals surface area contributed by atoms with Crippen molar-refractivity contribution in [3.63, 3.8) is 0 Å². The molecule has 2 rings (SSSR count). The van der Waals surface area contributed by atoms with E-state index >= 15 is 0 Å². The van der Waals surface area contributed by atoms with Crippen LogP contribution in [0.1, 0.15) is 18.1 Å². The van der Waals surface area contributed by atoms with Gasteiger partial charge in [-0.3, -0.25) is 0 Å². The van der Waals surface area contributed by atoms with Crippen molar-refractivity contribution in [3.8, 4) is 0 Å². The number of aliphatic hydroxyl groups excluding tert-OH is 1. The highest BCUT2D eigenvalue weighted by Gasteiger charge is 2.11. The minimum absolute atomic E-state index is 0.521. The molecule has 0 heterocycles. The second-order valence-corrected chi connectivity index (χ2v) is 4.69. The van der Waals surface area contributed by atoms with Crippen molar-refractivity contribution in [1.29, 1.82) is 0 Å². The quantitative estimate of drug-likeness (QED) is 0.809. The van der Waals surface area contributed by atoms with Crippen LogP contribution in [0.4, 0.5) is 11.4 Å². The normalized spacial score (nSPS) is 12.1. The lowest BCUT2D eigenvalue weighted by molar-refractivity contribution is 0.170. The van der Waals surface area contributed by atoms with Crippen molar-refractivity contribution in [1.82, 2.24) is 0 Å². The molecule has 0 aliphatic heterocycles. The summed E-state index contributed by atoms with van der Waals surface area (Å²) in [5.74, 6) is 0. The van der Waals surface area contributed by atoms with Crippen LogP contribution in [0.15, 0.2) is 54.6 Å². The summed E-state index contributed by atoms with van der Waals surface area (Å²) in [4.78, 5) is 2.13. The minimum Gasteiger partial charge on any atom is -0.398 e. The number of para-hydroxylation sites is 2. The van der Waals surface area contributed by atoms with Gasteiger partial charge in [-0.05, 0) is 24.6 Å². The predicted molar refractivity (Wildman–Crippen MR) is 80.1 cm³/mol. The molecule has 100 valence electrons. The number of hydrogen-bond donors (Lipinski definition) is 2. The molecule has 0 aliphatic carbocycles. The number of nitrogen functional groups attached to an aromatic ring is 1. The minimum atomic E-state index is -0.521. The summed E-state index contributed by atoms with van der Waals surface area (Å²) in [5, 5.41) is 10.2. The molecule has 0 radical (unpaired) electrons. The van der Waals surface area contributed by atoms with Gasteiger partial charge in [-0.25, -0.2) is 0 Å². The van der Waals surface area contributed by atoms with Gasteiger partial charge >= 0.3 is 0 Å². The Hall–Kier alpha value is -2.00. The van der Waals surface area contributed by atoms with E-state index in [1.807, 2.05) is 49.5 Å². The lowest BCUT2D eigenvalue weighted by atomic mass is 10.0. The van der Waals surface area contributed by atoms with Gasteiger partial charge in [-0.2, -0.15) is 0 Å². The first kappa shape index (κ1) is 13.4. The average molecular weight is 256 g/mol. The summed E-state index contributed by atoms with van der Waals surface area (Å²) in [5.41, 5.74) is 8.47. The summed E-state index contributed by atoms with van der Waals surface area (Å²) in [6.45, 7) is 0.777. The van der Waals surface area contributed by atoms with Crippen LogP contribution in [0.2, 0.25) is 0 Å². The van der Waals surface area contributed by atoms with Crippen LogP contribution < -0.4 is 10.6 Å². The van der Waals surface area contributed by atoms with Crippen molar-refractivity contribution in [2.45, 2.75) is 12.5 Å². The van der Waals surface area contributed by atoms with Crippen LogP contribution in [-0.2, 0) is 0 Å². The zero-order chi connectivity index (χ0) is 13.7. The van der Waals surface area contributed by atoms with E-state index in [1.54, 1.807) is 0 Å². The van der Waals surface area contributed by atoms with E-state index in [1.165, 1.54) is 0 Å². The Morgan fingerprint density at radius 3 is 2.37 bits per heavy atom. The maximum absolute atomic E-state index is 10.2. The lowest BCUT2D eigenvalue weighted by Gasteiger charge is -2.21. The molecule has 0 aliphatic rings. The molecule has 1 unspecified atom stereocenters. The summed E-state index contributed by atoms with van der Waals surface area (Å²) >= 11 is 0. The number of aliphatic hydroxyl groups is 1. The van der Waals surface area contributed by atoms with E-state index in [4.69, 9.17) is 5.73 Å². The highest BCUT2D eigenvalue weighted by molar-refractivity contribution is 5.48. The Morgan fingerprint density at radius 1 is 1.05 bits per heavy atom. The topological polar surface area (TPSA) is 49.5 Å².